The Hall–Kier alpha value is -3.00. The fraction of sp³-hybridized carbons (Fsp3) is 0.375. The van der Waals surface area contributed by atoms with Gasteiger partial charge in [-0.05, 0) is 55.2 Å². The Kier molecular flexibility index (Phi) is 6.38. The first kappa shape index (κ1) is 24.1. The SMILES string of the molecule is CC(=O)C1(C(C)=O)C(C(C)C)CCC(C)(c2ccccc2)C1(c1ccccc1)c1ccccc1. The summed E-state index contributed by atoms with van der Waals surface area (Å²) in [5.74, 6) is 0.0427. The van der Waals surface area contributed by atoms with Gasteiger partial charge in [0.1, 0.15) is 17.0 Å². The van der Waals surface area contributed by atoms with Crippen molar-refractivity contribution in [2.45, 2.75) is 58.3 Å². The summed E-state index contributed by atoms with van der Waals surface area (Å²) in [6, 6.07) is 31.2. The van der Waals surface area contributed by atoms with Gasteiger partial charge in [-0.3, -0.25) is 9.59 Å². The third-order valence-corrected chi connectivity index (χ3v) is 8.67. The van der Waals surface area contributed by atoms with E-state index in [4.69, 9.17) is 0 Å². The summed E-state index contributed by atoms with van der Waals surface area (Å²) in [4.78, 5) is 28.3. The number of hydrogen-bond acceptors (Lipinski definition) is 2. The molecule has 4 rings (SSSR count). The normalized spacial score (nSPS) is 23.4. The van der Waals surface area contributed by atoms with Crippen molar-refractivity contribution in [1.29, 1.82) is 0 Å². The first-order valence-electron chi connectivity index (χ1n) is 12.4. The predicted molar refractivity (Wildman–Crippen MR) is 139 cm³/mol. The van der Waals surface area contributed by atoms with E-state index < -0.39 is 16.2 Å². The summed E-state index contributed by atoms with van der Waals surface area (Å²) in [6.07, 6.45) is 1.70. The van der Waals surface area contributed by atoms with E-state index in [1.807, 2.05) is 42.5 Å². The number of hydrogen-bond donors (Lipinski definition) is 0. The minimum atomic E-state index is -1.20. The van der Waals surface area contributed by atoms with Crippen LogP contribution in [-0.4, -0.2) is 11.6 Å². The van der Waals surface area contributed by atoms with Crippen LogP contribution in [0.15, 0.2) is 91.0 Å². The molecule has 0 aromatic heterocycles. The van der Waals surface area contributed by atoms with E-state index in [-0.39, 0.29) is 23.4 Å². The largest absolute Gasteiger partial charge is 0.299 e. The van der Waals surface area contributed by atoms with Gasteiger partial charge >= 0.3 is 0 Å². The molecule has 2 unspecified atom stereocenters. The van der Waals surface area contributed by atoms with Gasteiger partial charge in [0, 0.05) is 10.8 Å². The zero-order valence-corrected chi connectivity index (χ0v) is 21.0. The van der Waals surface area contributed by atoms with Crippen LogP contribution in [0, 0.1) is 17.3 Å². The molecular formula is C32H36O2. The van der Waals surface area contributed by atoms with Gasteiger partial charge in [0.2, 0.25) is 0 Å². The second kappa shape index (κ2) is 8.98. The van der Waals surface area contributed by atoms with E-state index >= 15 is 0 Å². The number of Topliss-reactive ketones (excluding diaryl/α,β-unsaturated/α-hetero) is 2. The van der Waals surface area contributed by atoms with Gasteiger partial charge in [0.25, 0.3) is 0 Å². The fourth-order valence-corrected chi connectivity index (χ4v) is 7.50. The number of carbonyl (C=O) groups is 2. The average Bonchev–Trinajstić information content (AvgIpc) is 2.84. The Morgan fingerprint density at radius 1 is 0.706 bits per heavy atom. The standard InChI is InChI=1S/C32H36O2/c1-23(2)29-21-22-30(5,26-15-9-6-10-16-26)32(27-17-11-7-12-18-27,28-19-13-8-14-20-28)31(29,24(3)33)25(4)34/h6-20,23,29H,21-22H2,1-5H3. The Labute approximate surface area is 204 Å². The van der Waals surface area contributed by atoms with Crippen molar-refractivity contribution in [1.82, 2.24) is 0 Å². The maximum absolute atomic E-state index is 14.1. The van der Waals surface area contributed by atoms with E-state index in [1.54, 1.807) is 13.8 Å². The second-order valence-electron chi connectivity index (χ2n) is 10.5. The lowest BCUT2D eigenvalue weighted by molar-refractivity contribution is -0.158. The minimum absolute atomic E-state index is 0.0340. The summed E-state index contributed by atoms with van der Waals surface area (Å²) in [5, 5.41) is 0. The van der Waals surface area contributed by atoms with Crippen LogP contribution in [0.1, 0.15) is 64.2 Å². The van der Waals surface area contributed by atoms with Crippen molar-refractivity contribution >= 4 is 11.6 Å². The Balaban J connectivity index is 2.30. The summed E-state index contributed by atoms with van der Waals surface area (Å²) >= 11 is 0. The molecule has 1 saturated carbocycles. The molecule has 1 aliphatic carbocycles. The van der Waals surface area contributed by atoms with Crippen molar-refractivity contribution in [3.63, 3.8) is 0 Å². The van der Waals surface area contributed by atoms with Crippen LogP contribution in [0.2, 0.25) is 0 Å². The minimum Gasteiger partial charge on any atom is -0.299 e. The zero-order valence-electron chi connectivity index (χ0n) is 21.0. The molecule has 1 aliphatic rings. The highest BCUT2D eigenvalue weighted by molar-refractivity contribution is 6.08. The van der Waals surface area contributed by atoms with Gasteiger partial charge in [-0.1, -0.05) is 112 Å². The topological polar surface area (TPSA) is 34.1 Å². The fourth-order valence-electron chi connectivity index (χ4n) is 7.50. The van der Waals surface area contributed by atoms with Crippen molar-refractivity contribution in [2.24, 2.45) is 17.3 Å². The highest BCUT2D eigenvalue weighted by atomic mass is 16.2. The van der Waals surface area contributed by atoms with Gasteiger partial charge in [0.15, 0.2) is 0 Å². The smallest absolute Gasteiger partial charge is 0.144 e. The summed E-state index contributed by atoms with van der Waals surface area (Å²) in [5.41, 5.74) is 0.671. The van der Waals surface area contributed by atoms with Crippen molar-refractivity contribution in [3.05, 3.63) is 108 Å². The maximum atomic E-state index is 14.1. The Morgan fingerprint density at radius 3 is 1.44 bits per heavy atom. The highest BCUT2D eigenvalue weighted by Crippen LogP contribution is 2.68. The number of rotatable bonds is 6. The molecule has 34 heavy (non-hydrogen) atoms. The Bertz CT molecular complexity index is 1090. The second-order valence-corrected chi connectivity index (χ2v) is 10.5. The monoisotopic (exact) mass is 452 g/mol. The van der Waals surface area contributed by atoms with Crippen LogP contribution in [0.25, 0.3) is 0 Å². The van der Waals surface area contributed by atoms with E-state index in [0.29, 0.717) is 0 Å². The summed E-state index contributed by atoms with van der Waals surface area (Å²) in [6.45, 7) is 9.90. The van der Waals surface area contributed by atoms with Gasteiger partial charge in [-0.15, -0.1) is 0 Å². The van der Waals surface area contributed by atoms with Crippen molar-refractivity contribution in [3.8, 4) is 0 Å². The number of benzene rings is 3. The van der Waals surface area contributed by atoms with Crippen LogP contribution in [0.3, 0.4) is 0 Å². The van der Waals surface area contributed by atoms with Crippen molar-refractivity contribution in [2.75, 3.05) is 0 Å². The van der Waals surface area contributed by atoms with E-state index in [1.165, 1.54) is 0 Å². The molecule has 3 aromatic carbocycles. The van der Waals surface area contributed by atoms with Gasteiger partial charge in [-0.25, -0.2) is 0 Å². The van der Waals surface area contributed by atoms with Crippen molar-refractivity contribution < 1.29 is 9.59 Å². The van der Waals surface area contributed by atoms with Crippen LogP contribution >= 0.6 is 0 Å². The molecule has 0 saturated heterocycles. The van der Waals surface area contributed by atoms with Crippen LogP contribution in [0.5, 0.6) is 0 Å². The summed E-state index contributed by atoms with van der Waals surface area (Å²) in [7, 11) is 0. The molecule has 1 fully saturated rings. The third-order valence-electron chi connectivity index (χ3n) is 8.67. The first-order chi connectivity index (χ1) is 16.2. The van der Waals surface area contributed by atoms with Gasteiger partial charge in [0.05, 0.1) is 0 Å². The molecule has 2 heteroatoms. The molecule has 0 amide bonds. The molecule has 3 aromatic rings. The maximum Gasteiger partial charge on any atom is 0.144 e. The molecular weight excluding hydrogens is 416 g/mol. The molecule has 2 atom stereocenters. The quantitative estimate of drug-likeness (QED) is 0.372. The molecule has 0 aliphatic heterocycles. The lowest BCUT2D eigenvalue weighted by Crippen LogP contribution is -2.70. The lowest BCUT2D eigenvalue weighted by atomic mass is 9.35. The number of ketones is 2. The molecule has 0 bridgehead atoms. The summed E-state index contributed by atoms with van der Waals surface area (Å²) < 4.78 is 0. The van der Waals surface area contributed by atoms with Gasteiger partial charge < -0.3 is 0 Å². The van der Waals surface area contributed by atoms with Crippen LogP contribution < -0.4 is 0 Å². The molecule has 2 nitrogen and oxygen atoms in total. The predicted octanol–water partition coefficient (Wildman–Crippen LogP) is 7.16. The van der Waals surface area contributed by atoms with Gasteiger partial charge in [-0.2, -0.15) is 0 Å². The third kappa shape index (κ3) is 3.15. The molecule has 0 heterocycles. The average molecular weight is 453 g/mol. The van der Waals surface area contributed by atoms with Crippen LogP contribution in [-0.2, 0) is 20.4 Å². The van der Waals surface area contributed by atoms with E-state index in [9.17, 15) is 9.59 Å². The zero-order chi connectivity index (χ0) is 24.6. The van der Waals surface area contributed by atoms with E-state index in [2.05, 4.69) is 69.3 Å². The lowest BCUT2D eigenvalue weighted by Gasteiger charge is -2.65. The van der Waals surface area contributed by atoms with E-state index in [0.717, 1.165) is 29.5 Å². The number of carbonyl (C=O) groups excluding carboxylic acids is 2. The molecule has 0 N–H and O–H groups in total. The Morgan fingerprint density at radius 2 is 1.09 bits per heavy atom. The molecule has 0 radical (unpaired) electrons. The molecule has 0 spiro atoms. The van der Waals surface area contributed by atoms with Crippen LogP contribution in [0.4, 0.5) is 0 Å². The molecule has 176 valence electrons. The first-order valence-corrected chi connectivity index (χ1v) is 12.4. The highest BCUT2D eigenvalue weighted by Gasteiger charge is 2.72.